The normalized spacial score (nSPS) is 16.0. The van der Waals surface area contributed by atoms with Crippen molar-refractivity contribution in [3.8, 4) is 12.5 Å². The third-order valence-electron chi connectivity index (χ3n) is 2.50. The van der Waals surface area contributed by atoms with Gasteiger partial charge in [-0.2, -0.15) is 0 Å². The molecule has 0 fully saturated rings. The van der Waals surface area contributed by atoms with Gasteiger partial charge in [0.2, 0.25) is 0 Å². The van der Waals surface area contributed by atoms with Gasteiger partial charge in [0.1, 0.15) is 6.11 Å². The van der Waals surface area contributed by atoms with Crippen LogP contribution in [0.1, 0.15) is 6.42 Å². The van der Waals surface area contributed by atoms with Crippen molar-refractivity contribution in [2.75, 3.05) is 6.61 Å². The highest BCUT2D eigenvalue weighted by atomic mass is 28.5. The van der Waals surface area contributed by atoms with E-state index < -0.39 is 33.8 Å². The molecule has 0 rings (SSSR count). The number of rotatable bonds is 10. The van der Waals surface area contributed by atoms with Crippen LogP contribution in [0.5, 0.6) is 0 Å². The first-order chi connectivity index (χ1) is 9.68. The van der Waals surface area contributed by atoms with E-state index in [-0.39, 0.29) is 0 Å². The van der Waals surface area contributed by atoms with Gasteiger partial charge in [0.25, 0.3) is 0 Å². The molecule has 0 aromatic rings. The summed E-state index contributed by atoms with van der Waals surface area (Å²) in [5.41, 5.74) is 0. The molecular formula is C14H34O4Si4. The zero-order valence-electron chi connectivity index (χ0n) is 15.8. The molecule has 0 amide bonds. The monoisotopic (exact) mass is 378 g/mol. The maximum atomic E-state index is 6.55. The van der Waals surface area contributed by atoms with Crippen LogP contribution < -0.4 is 0 Å². The minimum absolute atomic E-state index is 0.550. The fourth-order valence-corrected chi connectivity index (χ4v) is 20.5. The fraction of sp³-hybridized carbons (Fsp3) is 0.857. The van der Waals surface area contributed by atoms with E-state index in [1.54, 1.807) is 0 Å². The molecule has 0 N–H and O–H groups in total. The molecule has 0 aliphatic heterocycles. The second-order valence-electron chi connectivity index (χ2n) is 8.13. The predicted octanol–water partition coefficient (Wildman–Crippen LogP) is 4.48. The highest BCUT2D eigenvalue weighted by Crippen LogP contribution is 2.27. The molecule has 4 nitrogen and oxygen atoms in total. The van der Waals surface area contributed by atoms with E-state index >= 15 is 0 Å². The van der Waals surface area contributed by atoms with Gasteiger partial charge >= 0.3 is 17.1 Å². The van der Waals surface area contributed by atoms with Crippen molar-refractivity contribution in [1.82, 2.24) is 0 Å². The first-order valence-corrected chi connectivity index (χ1v) is 20.0. The predicted molar refractivity (Wildman–Crippen MR) is 103 cm³/mol. The Morgan fingerprint density at radius 3 is 1.68 bits per heavy atom. The third kappa shape index (κ3) is 11.6. The van der Waals surface area contributed by atoms with Crippen molar-refractivity contribution < 1.29 is 17.1 Å². The summed E-state index contributed by atoms with van der Waals surface area (Å²) in [6.45, 7) is 20.2. The van der Waals surface area contributed by atoms with Crippen LogP contribution in [0.15, 0.2) is 0 Å². The Bertz CT molecular complexity index is 382. The molecule has 8 heteroatoms. The highest BCUT2D eigenvalue weighted by Gasteiger charge is 2.44. The number of ether oxygens (including phenoxy) is 1. The molecule has 0 aliphatic carbocycles. The molecular weight excluding hydrogens is 344 g/mol. The lowest BCUT2D eigenvalue weighted by Crippen LogP contribution is -2.56. The van der Waals surface area contributed by atoms with Crippen LogP contribution in [0.2, 0.25) is 65.0 Å². The largest absolute Gasteiger partial charge is 0.447 e. The molecule has 0 bridgehead atoms. The van der Waals surface area contributed by atoms with Crippen LogP contribution in [0.3, 0.4) is 0 Å². The summed E-state index contributed by atoms with van der Waals surface area (Å²) in [5.74, 6) is 0. The van der Waals surface area contributed by atoms with E-state index in [1.807, 2.05) is 0 Å². The van der Waals surface area contributed by atoms with E-state index in [0.717, 1.165) is 12.5 Å². The molecule has 0 spiro atoms. The Morgan fingerprint density at radius 2 is 1.27 bits per heavy atom. The maximum absolute atomic E-state index is 6.55. The first-order valence-electron chi connectivity index (χ1n) is 7.86. The Hall–Kier alpha value is 0.108. The van der Waals surface area contributed by atoms with Crippen molar-refractivity contribution >= 4 is 33.8 Å². The average Bonchev–Trinajstić information content (AvgIpc) is 2.16. The summed E-state index contributed by atoms with van der Waals surface area (Å²) >= 11 is 0. The zero-order valence-corrected chi connectivity index (χ0v) is 19.8. The molecule has 0 aromatic heterocycles. The number of hydrogen-bond acceptors (Lipinski definition) is 4. The van der Waals surface area contributed by atoms with Gasteiger partial charge in [0.15, 0.2) is 16.6 Å². The molecule has 22 heavy (non-hydrogen) atoms. The Morgan fingerprint density at radius 1 is 0.773 bits per heavy atom. The second-order valence-corrected chi connectivity index (χ2v) is 24.6. The van der Waals surface area contributed by atoms with Crippen molar-refractivity contribution in [3.63, 3.8) is 0 Å². The van der Waals surface area contributed by atoms with Crippen molar-refractivity contribution in [1.29, 1.82) is 0 Å². The fourth-order valence-electron chi connectivity index (χ4n) is 2.57. The van der Waals surface area contributed by atoms with Gasteiger partial charge < -0.3 is 17.1 Å². The van der Waals surface area contributed by atoms with Crippen LogP contribution in [-0.4, -0.2) is 40.4 Å². The third-order valence-corrected chi connectivity index (χ3v) is 16.0. The Balaban J connectivity index is 4.95. The Labute approximate surface area is 141 Å². The molecule has 0 aromatic carbocycles. The molecule has 0 aliphatic rings. The summed E-state index contributed by atoms with van der Waals surface area (Å²) in [6.07, 6.45) is 8.20. The summed E-state index contributed by atoms with van der Waals surface area (Å²) in [5, 5.41) is 0. The van der Waals surface area contributed by atoms with Crippen molar-refractivity contribution in [2.24, 2.45) is 0 Å². The Kier molecular flexibility index (Phi) is 8.32. The van der Waals surface area contributed by atoms with Gasteiger partial charge in [0.05, 0.1) is 6.61 Å². The number of hydrogen-bond donors (Lipinski definition) is 0. The SMILES string of the molecule is C#COCCC[Si](C)(O[Si](C)(C)C)O[Si](C)(C)O[Si](C)(C)C. The van der Waals surface area contributed by atoms with E-state index in [0.29, 0.717) is 6.61 Å². The van der Waals surface area contributed by atoms with E-state index in [2.05, 4.69) is 65.0 Å². The molecule has 0 saturated carbocycles. The van der Waals surface area contributed by atoms with Gasteiger partial charge in [-0.15, -0.1) is 0 Å². The maximum Gasteiger partial charge on any atom is 0.315 e. The number of terminal acetylenes is 1. The van der Waals surface area contributed by atoms with Crippen LogP contribution >= 0.6 is 0 Å². The highest BCUT2D eigenvalue weighted by molar-refractivity contribution is 6.89. The van der Waals surface area contributed by atoms with Crippen LogP contribution in [0.25, 0.3) is 0 Å². The van der Waals surface area contributed by atoms with E-state index in [4.69, 9.17) is 23.5 Å². The summed E-state index contributed by atoms with van der Waals surface area (Å²) < 4.78 is 24.4. The molecule has 130 valence electrons. The van der Waals surface area contributed by atoms with Crippen LogP contribution in [0.4, 0.5) is 0 Å². The second kappa shape index (κ2) is 8.28. The molecule has 0 radical (unpaired) electrons. The quantitative estimate of drug-likeness (QED) is 0.319. The summed E-state index contributed by atoms with van der Waals surface area (Å²) in [6, 6.07) is 0.879. The standard InChI is InChI=1S/C14H34O4Si4/c1-11-15-13-12-14-22(10,17-20(5,6)7)18-21(8,9)16-19(2,3)4/h1H,12-14H2,2-10H3. The van der Waals surface area contributed by atoms with Crippen molar-refractivity contribution in [2.45, 2.75) is 71.4 Å². The molecule has 1 atom stereocenters. The van der Waals surface area contributed by atoms with Gasteiger partial charge in [-0.25, -0.2) is 0 Å². The summed E-state index contributed by atoms with van der Waals surface area (Å²) in [7, 11) is -7.82. The van der Waals surface area contributed by atoms with Crippen molar-refractivity contribution in [3.05, 3.63) is 0 Å². The topological polar surface area (TPSA) is 36.9 Å². The van der Waals surface area contributed by atoms with Gasteiger partial charge in [-0.1, -0.05) is 6.42 Å². The van der Waals surface area contributed by atoms with E-state index in [1.165, 1.54) is 0 Å². The lowest BCUT2D eigenvalue weighted by Gasteiger charge is -2.41. The van der Waals surface area contributed by atoms with Crippen LogP contribution in [0, 0.1) is 12.5 Å². The minimum atomic E-state index is -2.30. The van der Waals surface area contributed by atoms with E-state index in [9.17, 15) is 0 Å². The lowest BCUT2D eigenvalue weighted by atomic mass is 10.5. The first kappa shape index (κ1) is 22.1. The molecule has 0 saturated heterocycles. The molecule has 1 unspecified atom stereocenters. The zero-order chi connectivity index (χ0) is 17.7. The van der Waals surface area contributed by atoms with Gasteiger partial charge in [-0.05, 0) is 71.4 Å². The lowest BCUT2D eigenvalue weighted by molar-refractivity contribution is 0.268. The molecule has 0 heterocycles. The van der Waals surface area contributed by atoms with Gasteiger partial charge in [0, 0.05) is 0 Å². The smallest absolute Gasteiger partial charge is 0.315 e. The van der Waals surface area contributed by atoms with Gasteiger partial charge in [-0.3, -0.25) is 0 Å². The van der Waals surface area contributed by atoms with Crippen LogP contribution in [-0.2, 0) is 17.1 Å². The summed E-state index contributed by atoms with van der Waals surface area (Å²) in [4.78, 5) is 0. The average molecular weight is 379 g/mol. The minimum Gasteiger partial charge on any atom is -0.447 e.